The van der Waals surface area contributed by atoms with E-state index in [1.54, 1.807) is 19.4 Å². The fourth-order valence-corrected chi connectivity index (χ4v) is 1.31. The van der Waals surface area contributed by atoms with Crippen molar-refractivity contribution in [3.05, 3.63) is 24.0 Å². The van der Waals surface area contributed by atoms with Crippen LogP contribution < -0.4 is 4.90 Å². The van der Waals surface area contributed by atoms with E-state index < -0.39 is 0 Å². The third-order valence-electron chi connectivity index (χ3n) is 2.17. The van der Waals surface area contributed by atoms with Crippen LogP contribution in [0.2, 0.25) is 0 Å². The van der Waals surface area contributed by atoms with Crippen molar-refractivity contribution in [2.75, 3.05) is 31.7 Å². The fraction of sp³-hybridized carbons (Fsp3) is 0.455. The van der Waals surface area contributed by atoms with Crippen LogP contribution in [-0.4, -0.2) is 31.8 Å². The van der Waals surface area contributed by atoms with Crippen LogP contribution >= 0.6 is 0 Å². The first kappa shape index (κ1) is 11.5. The van der Waals surface area contributed by atoms with E-state index in [2.05, 4.69) is 16.8 Å². The Morgan fingerprint density at radius 2 is 2.33 bits per heavy atom. The Kier molecular flexibility index (Phi) is 4.58. The molecule has 1 rings (SSSR count). The van der Waals surface area contributed by atoms with Crippen LogP contribution in [-0.2, 0) is 4.74 Å². The molecule has 4 nitrogen and oxygen atoms in total. The highest BCUT2D eigenvalue weighted by atomic mass is 16.5. The Labute approximate surface area is 90.1 Å². The Morgan fingerprint density at radius 1 is 1.53 bits per heavy atom. The van der Waals surface area contributed by atoms with Crippen molar-refractivity contribution in [1.29, 1.82) is 5.26 Å². The number of methoxy groups -OCH3 is 1. The Morgan fingerprint density at radius 3 is 2.80 bits per heavy atom. The molecule has 15 heavy (non-hydrogen) atoms. The summed E-state index contributed by atoms with van der Waals surface area (Å²) in [7, 11) is 1.69. The lowest BCUT2D eigenvalue weighted by atomic mass is 10.3. The molecule has 0 aliphatic heterocycles. The molecule has 0 N–H and O–H groups in total. The number of hydrogen-bond donors (Lipinski definition) is 0. The molecule has 1 heterocycles. The molecule has 0 aromatic carbocycles. The summed E-state index contributed by atoms with van der Waals surface area (Å²) < 4.78 is 5.03. The summed E-state index contributed by atoms with van der Waals surface area (Å²) in [6.45, 7) is 4.50. The van der Waals surface area contributed by atoms with Crippen LogP contribution in [0.4, 0.5) is 5.69 Å². The molecule has 0 spiro atoms. The van der Waals surface area contributed by atoms with Gasteiger partial charge in [-0.15, -0.1) is 0 Å². The van der Waals surface area contributed by atoms with Crippen molar-refractivity contribution in [3.8, 4) is 6.07 Å². The van der Waals surface area contributed by atoms with E-state index in [9.17, 15) is 0 Å². The highest BCUT2D eigenvalue weighted by molar-refractivity contribution is 5.45. The standard InChI is InChI=1S/C11H15N3O/c1-3-14(6-7-15-2)11-5-4-10(8-12)13-9-11/h4-5,9H,3,6-7H2,1-2H3. The van der Waals surface area contributed by atoms with Gasteiger partial charge in [-0.05, 0) is 19.1 Å². The largest absolute Gasteiger partial charge is 0.383 e. The summed E-state index contributed by atoms with van der Waals surface area (Å²) in [5, 5.41) is 8.62. The third kappa shape index (κ3) is 3.22. The normalized spacial score (nSPS) is 9.67. The van der Waals surface area contributed by atoms with E-state index >= 15 is 0 Å². The summed E-state index contributed by atoms with van der Waals surface area (Å²) in [5.74, 6) is 0. The maximum atomic E-state index is 8.62. The third-order valence-corrected chi connectivity index (χ3v) is 2.17. The van der Waals surface area contributed by atoms with Gasteiger partial charge in [0.1, 0.15) is 11.8 Å². The molecule has 0 atom stereocenters. The number of nitriles is 1. The van der Waals surface area contributed by atoms with Crippen LogP contribution in [0.1, 0.15) is 12.6 Å². The predicted octanol–water partition coefficient (Wildman–Crippen LogP) is 1.43. The minimum atomic E-state index is 0.446. The highest BCUT2D eigenvalue weighted by Crippen LogP contribution is 2.12. The first-order valence-electron chi connectivity index (χ1n) is 4.91. The zero-order valence-electron chi connectivity index (χ0n) is 9.10. The summed E-state index contributed by atoms with van der Waals surface area (Å²) in [6, 6.07) is 5.63. The molecule has 0 amide bonds. The molecular formula is C11H15N3O. The smallest absolute Gasteiger partial charge is 0.140 e. The van der Waals surface area contributed by atoms with Gasteiger partial charge < -0.3 is 9.64 Å². The van der Waals surface area contributed by atoms with Gasteiger partial charge in [-0.3, -0.25) is 0 Å². The van der Waals surface area contributed by atoms with Gasteiger partial charge in [0, 0.05) is 20.2 Å². The monoisotopic (exact) mass is 205 g/mol. The average Bonchev–Trinajstić information content (AvgIpc) is 2.31. The molecule has 1 aromatic rings. The van der Waals surface area contributed by atoms with Crippen molar-refractivity contribution in [3.63, 3.8) is 0 Å². The minimum absolute atomic E-state index is 0.446. The van der Waals surface area contributed by atoms with E-state index in [0.717, 1.165) is 18.8 Å². The molecule has 4 heteroatoms. The van der Waals surface area contributed by atoms with Gasteiger partial charge in [-0.1, -0.05) is 0 Å². The van der Waals surface area contributed by atoms with Gasteiger partial charge in [0.15, 0.2) is 0 Å². The van der Waals surface area contributed by atoms with Gasteiger partial charge in [0.2, 0.25) is 0 Å². The van der Waals surface area contributed by atoms with Crippen molar-refractivity contribution in [2.45, 2.75) is 6.92 Å². The highest BCUT2D eigenvalue weighted by Gasteiger charge is 2.03. The number of rotatable bonds is 5. The van der Waals surface area contributed by atoms with Gasteiger partial charge in [0.25, 0.3) is 0 Å². The van der Waals surface area contributed by atoms with Gasteiger partial charge in [-0.25, -0.2) is 4.98 Å². The molecule has 0 saturated heterocycles. The molecule has 0 bridgehead atoms. The zero-order chi connectivity index (χ0) is 11.1. The average molecular weight is 205 g/mol. The maximum Gasteiger partial charge on any atom is 0.140 e. The van der Waals surface area contributed by atoms with Gasteiger partial charge in [0.05, 0.1) is 18.5 Å². The number of pyridine rings is 1. The fourth-order valence-electron chi connectivity index (χ4n) is 1.31. The molecule has 0 aliphatic rings. The lowest BCUT2D eigenvalue weighted by Gasteiger charge is -2.22. The zero-order valence-corrected chi connectivity index (χ0v) is 9.10. The first-order chi connectivity index (χ1) is 7.31. The summed E-state index contributed by atoms with van der Waals surface area (Å²) >= 11 is 0. The Hall–Kier alpha value is -1.60. The maximum absolute atomic E-state index is 8.62. The van der Waals surface area contributed by atoms with Crippen LogP contribution in [0.5, 0.6) is 0 Å². The summed E-state index contributed by atoms with van der Waals surface area (Å²) in [4.78, 5) is 6.18. The number of nitrogens with zero attached hydrogens (tertiary/aromatic N) is 3. The molecule has 0 aliphatic carbocycles. The van der Waals surface area contributed by atoms with E-state index in [4.69, 9.17) is 10.00 Å². The predicted molar refractivity (Wildman–Crippen MR) is 58.7 cm³/mol. The van der Waals surface area contributed by atoms with Crippen molar-refractivity contribution in [2.24, 2.45) is 0 Å². The lowest BCUT2D eigenvalue weighted by Crippen LogP contribution is -2.26. The molecule has 80 valence electrons. The molecule has 0 radical (unpaired) electrons. The first-order valence-corrected chi connectivity index (χ1v) is 4.91. The van der Waals surface area contributed by atoms with Gasteiger partial charge >= 0.3 is 0 Å². The molecule has 0 fully saturated rings. The topological polar surface area (TPSA) is 49.1 Å². The second-order valence-corrected chi connectivity index (χ2v) is 3.09. The molecule has 0 saturated carbocycles. The van der Waals surface area contributed by atoms with Crippen LogP contribution in [0.15, 0.2) is 18.3 Å². The number of aromatic nitrogens is 1. The van der Waals surface area contributed by atoms with Crippen molar-refractivity contribution < 1.29 is 4.74 Å². The number of ether oxygens (including phenoxy) is 1. The van der Waals surface area contributed by atoms with Crippen LogP contribution in [0.25, 0.3) is 0 Å². The van der Waals surface area contributed by atoms with Crippen LogP contribution in [0.3, 0.4) is 0 Å². The van der Waals surface area contributed by atoms with Gasteiger partial charge in [-0.2, -0.15) is 5.26 Å². The van der Waals surface area contributed by atoms with E-state index in [0.29, 0.717) is 12.3 Å². The van der Waals surface area contributed by atoms with E-state index in [1.807, 2.05) is 12.1 Å². The second kappa shape index (κ2) is 5.99. The molecular weight excluding hydrogens is 190 g/mol. The lowest BCUT2D eigenvalue weighted by molar-refractivity contribution is 0.205. The Bertz CT molecular complexity index is 329. The second-order valence-electron chi connectivity index (χ2n) is 3.09. The summed E-state index contributed by atoms with van der Waals surface area (Å²) in [6.07, 6.45) is 1.72. The van der Waals surface area contributed by atoms with Crippen molar-refractivity contribution in [1.82, 2.24) is 4.98 Å². The number of anilines is 1. The van der Waals surface area contributed by atoms with E-state index in [1.165, 1.54) is 0 Å². The van der Waals surface area contributed by atoms with Crippen LogP contribution in [0, 0.1) is 11.3 Å². The Balaban J connectivity index is 2.70. The quantitative estimate of drug-likeness (QED) is 0.729. The number of likely N-dealkylation sites (N-methyl/N-ethyl adjacent to an activating group) is 1. The SMILES string of the molecule is CCN(CCOC)c1ccc(C#N)nc1. The molecule has 0 unspecified atom stereocenters. The minimum Gasteiger partial charge on any atom is -0.383 e. The summed E-state index contributed by atoms with van der Waals surface area (Å²) in [5.41, 5.74) is 1.47. The van der Waals surface area contributed by atoms with E-state index in [-0.39, 0.29) is 0 Å². The number of hydrogen-bond acceptors (Lipinski definition) is 4. The van der Waals surface area contributed by atoms with Crippen molar-refractivity contribution >= 4 is 5.69 Å². The molecule has 1 aromatic heterocycles.